The summed E-state index contributed by atoms with van der Waals surface area (Å²) in [6.45, 7) is 0.681. The van der Waals surface area contributed by atoms with E-state index in [1.807, 2.05) is 70.9 Å². The zero-order valence-corrected chi connectivity index (χ0v) is 20.3. The maximum atomic E-state index is 13.5. The molecular formula is C29H26N2O3S. The third-order valence-corrected chi connectivity index (χ3v) is 7.21. The second-order valence-corrected chi connectivity index (χ2v) is 9.42. The van der Waals surface area contributed by atoms with Gasteiger partial charge in [-0.1, -0.05) is 48.5 Å². The number of anilines is 2. The van der Waals surface area contributed by atoms with Crippen molar-refractivity contribution in [2.75, 3.05) is 23.9 Å². The fourth-order valence-corrected chi connectivity index (χ4v) is 5.41. The van der Waals surface area contributed by atoms with Crippen LogP contribution in [0.15, 0.2) is 84.2 Å². The van der Waals surface area contributed by atoms with Gasteiger partial charge in [-0.05, 0) is 60.0 Å². The molecule has 2 heterocycles. The fourth-order valence-electron chi connectivity index (χ4n) is 4.49. The molecule has 0 spiro atoms. The molecule has 5 rings (SSSR count). The van der Waals surface area contributed by atoms with Crippen molar-refractivity contribution in [1.82, 2.24) is 0 Å². The smallest absolute Gasteiger partial charge is 0.262 e. The lowest BCUT2D eigenvalue weighted by molar-refractivity contribution is 0.0983. The van der Waals surface area contributed by atoms with Gasteiger partial charge in [0.05, 0.1) is 18.4 Å². The Bertz CT molecular complexity index is 1360. The Morgan fingerprint density at radius 2 is 1.71 bits per heavy atom. The molecule has 0 saturated carbocycles. The first-order valence-electron chi connectivity index (χ1n) is 11.7. The van der Waals surface area contributed by atoms with Gasteiger partial charge < -0.3 is 15.0 Å². The number of carbonyl (C=O) groups is 2. The van der Waals surface area contributed by atoms with E-state index in [0.717, 1.165) is 36.1 Å². The van der Waals surface area contributed by atoms with E-state index in [9.17, 15) is 9.59 Å². The van der Waals surface area contributed by atoms with Crippen molar-refractivity contribution in [2.45, 2.75) is 19.3 Å². The number of thiophene rings is 1. The molecule has 0 saturated heterocycles. The molecule has 2 amide bonds. The molecule has 5 nitrogen and oxygen atoms in total. The van der Waals surface area contributed by atoms with E-state index in [-0.39, 0.29) is 11.8 Å². The topological polar surface area (TPSA) is 58.6 Å². The van der Waals surface area contributed by atoms with Gasteiger partial charge in [0.1, 0.15) is 5.75 Å². The molecule has 1 N–H and O–H groups in total. The number of hydrogen-bond acceptors (Lipinski definition) is 4. The van der Waals surface area contributed by atoms with Gasteiger partial charge in [-0.25, -0.2) is 0 Å². The van der Waals surface area contributed by atoms with Crippen molar-refractivity contribution in [3.8, 4) is 16.9 Å². The first kappa shape index (κ1) is 22.9. The van der Waals surface area contributed by atoms with E-state index >= 15 is 0 Å². The summed E-state index contributed by atoms with van der Waals surface area (Å²) >= 11 is 1.70. The fraction of sp³-hybridized carbons (Fsp3) is 0.172. The molecule has 1 aromatic heterocycles. The molecule has 1 aliphatic heterocycles. The summed E-state index contributed by atoms with van der Waals surface area (Å²) in [7, 11) is 1.54. The van der Waals surface area contributed by atoms with Crippen LogP contribution in [0.25, 0.3) is 11.1 Å². The van der Waals surface area contributed by atoms with Crippen molar-refractivity contribution in [2.24, 2.45) is 0 Å². The lowest BCUT2D eigenvalue weighted by Gasteiger charge is -2.22. The Morgan fingerprint density at radius 1 is 0.914 bits per heavy atom. The quantitative estimate of drug-likeness (QED) is 0.346. The van der Waals surface area contributed by atoms with Crippen LogP contribution in [0.3, 0.4) is 0 Å². The SMILES string of the molecule is COc1cc(NC(=O)c2ccccc2-c2ccccc2)ccc1C(=O)N1CCCCc2sccc21. The van der Waals surface area contributed by atoms with E-state index in [1.165, 1.54) is 4.88 Å². The summed E-state index contributed by atoms with van der Waals surface area (Å²) < 4.78 is 5.58. The molecular weight excluding hydrogens is 456 g/mol. The van der Waals surface area contributed by atoms with E-state index in [0.29, 0.717) is 29.1 Å². The molecule has 0 atom stereocenters. The van der Waals surface area contributed by atoms with Gasteiger partial charge in [-0.2, -0.15) is 0 Å². The molecule has 0 unspecified atom stereocenters. The van der Waals surface area contributed by atoms with Crippen molar-refractivity contribution >= 4 is 34.5 Å². The summed E-state index contributed by atoms with van der Waals surface area (Å²) in [4.78, 5) is 29.8. The van der Waals surface area contributed by atoms with Crippen molar-refractivity contribution in [3.05, 3.63) is 100 Å². The van der Waals surface area contributed by atoms with Crippen LogP contribution in [-0.4, -0.2) is 25.5 Å². The maximum Gasteiger partial charge on any atom is 0.262 e. The average molecular weight is 483 g/mol. The summed E-state index contributed by atoms with van der Waals surface area (Å²) in [5.74, 6) is 0.127. The highest BCUT2D eigenvalue weighted by atomic mass is 32.1. The normalized spacial score (nSPS) is 13.0. The first-order chi connectivity index (χ1) is 17.2. The average Bonchev–Trinajstić information content (AvgIpc) is 3.27. The van der Waals surface area contributed by atoms with Crippen LogP contribution in [-0.2, 0) is 6.42 Å². The lowest BCUT2D eigenvalue weighted by atomic mass is 9.99. The van der Waals surface area contributed by atoms with Crippen LogP contribution in [0, 0.1) is 0 Å². The molecule has 0 aliphatic carbocycles. The van der Waals surface area contributed by atoms with Crippen molar-refractivity contribution in [3.63, 3.8) is 0 Å². The van der Waals surface area contributed by atoms with Gasteiger partial charge in [0.15, 0.2) is 0 Å². The highest BCUT2D eigenvalue weighted by molar-refractivity contribution is 7.10. The molecule has 0 radical (unpaired) electrons. The third kappa shape index (κ3) is 4.70. The lowest BCUT2D eigenvalue weighted by Crippen LogP contribution is -2.31. The molecule has 0 fully saturated rings. The van der Waals surface area contributed by atoms with Crippen LogP contribution in [0.2, 0.25) is 0 Å². The van der Waals surface area contributed by atoms with Gasteiger partial charge in [-0.3, -0.25) is 9.59 Å². The van der Waals surface area contributed by atoms with Gasteiger partial charge in [0.25, 0.3) is 11.8 Å². The summed E-state index contributed by atoms with van der Waals surface area (Å²) in [5, 5.41) is 5.01. The second-order valence-electron chi connectivity index (χ2n) is 8.42. The van der Waals surface area contributed by atoms with Gasteiger partial charge in [0.2, 0.25) is 0 Å². The molecule has 1 aliphatic rings. The monoisotopic (exact) mass is 482 g/mol. The predicted molar refractivity (Wildman–Crippen MR) is 142 cm³/mol. The molecule has 4 aromatic rings. The Morgan fingerprint density at radius 3 is 2.54 bits per heavy atom. The number of hydrogen-bond donors (Lipinski definition) is 1. The number of carbonyl (C=O) groups excluding carboxylic acids is 2. The largest absolute Gasteiger partial charge is 0.496 e. The predicted octanol–water partition coefficient (Wildman–Crippen LogP) is 6.66. The number of ether oxygens (including phenoxy) is 1. The number of benzene rings is 3. The number of nitrogens with zero attached hydrogens (tertiary/aromatic N) is 1. The minimum Gasteiger partial charge on any atom is -0.496 e. The minimum absolute atomic E-state index is 0.0873. The number of rotatable bonds is 5. The summed E-state index contributed by atoms with van der Waals surface area (Å²) in [6, 6.07) is 24.6. The van der Waals surface area contributed by atoms with Crippen molar-refractivity contribution < 1.29 is 14.3 Å². The van der Waals surface area contributed by atoms with Gasteiger partial charge in [0, 0.05) is 28.7 Å². The van der Waals surface area contributed by atoms with Crippen LogP contribution >= 0.6 is 11.3 Å². The molecule has 35 heavy (non-hydrogen) atoms. The van der Waals surface area contributed by atoms with Gasteiger partial charge >= 0.3 is 0 Å². The summed E-state index contributed by atoms with van der Waals surface area (Å²) in [5.41, 5.74) is 4.45. The number of fused-ring (bicyclic) bond motifs is 1. The highest BCUT2D eigenvalue weighted by Gasteiger charge is 2.26. The number of amides is 2. The molecule has 6 heteroatoms. The zero-order chi connectivity index (χ0) is 24.2. The molecule has 3 aromatic carbocycles. The Labute approximate surface area is 209 Å². The summed E-state index contributed by atoms with van der Waals surface area (Å²) in [6.07, 6.45) is 3.04. The van der Waals surface area contributed by atoms with Crippen LogP contribution < -0.4 is 15.0 Å². The number of aryl methyl sites for hydroxylation is 1. The number of nitrogens with one attached hydrogen (secondary N) is 1. The Hall–Kier alpha value is -3.90. The van der Waals surface area contributed by atoms with E-state index < -0.39 is 0 Å². The standard InChI is InChI=1S/C29H26N2O3S/c1-34-26-19-21(30-28(32)23-12-6-5-11-22(23)20-9-3-2-4-10-20)14-15-24(26)29(33)31-17-8-7-13-27-25(31)16-18-35-27/h2-6,9-12,14-16,18-19H,7-8,13,17H2,1H3,(H,30,32). The van der Waals surface area contributed by atoms with Crippen LogP contribution in [0.5, 0.6) is 5.75 Å². The van der Waals surface area contributed by atoms with E-state index in [1.54, 1.807) is 36.6 Å². The number of methoxy groups -OCH3 is 1. The van der Waals surface area contributed by atoms with Crippen LogP contribution in [0.1, 0.15) is 38.4 Å². The Balaban J connectivity index is 1.40. The highest BCUT2D eigenvalue weighted by Crippen LogP contribution is 2.34. The third-order valence-electron chi connectivity index (χ3n) is 6.24. The zero-order valence-electron chi connectivity index (χ0n) is 19.5. The van der Waals surface area contributed by atoms with E-state index in [2.05, 4.69) is 5.32 Å². The second kappa shape index (κ2) is 10.2. The maximum absolute atomic E-state index is 13.5. The minimum atomic E-state index is -0.221. The molecule has 176 valence electrons. The molecule has 0 bridgehead atoms. The van der Waals surface area contributed by atoms with Crippen molar-refractivity contribution in [1.29, 1.82) is 0 Å². The van der Waals surface area contributed by atoms with Crippen LogP contribution in [0.4, 0.5) is 11.4 Å². The Kier molecular flexibility index (Phi) is 6.64. The first-order valence-corrected chi connectivity index (χ1v) is 12.6. The van der Waals surface area contributed by atoms with E-state index in [4.69, 9.17) is 4.74 Å². The van der Waals surface area contributed by atoms with Gasteiger partial charge in [-0.15, -0.1) is 11.3 Å².